The van der Waals surface area contributed by atoms with E-state index in [1.165, 1.54) is 25.7 Å². The Labute approximate surface area is 263 Å². The number of hydrogen-bond acceptors (Lipinski definition) is 10. The standard InChI is InChI=1S/C31H53IO10/c1-5-20-12-15-31(32,19(3)10-6-7-11-21-18(2)9-8-14-30(20,21)4)42-28(39)27(25(37)22(34)13-16-33)41-29-26(38)24(36)23(35)17-40-29/h18,20-24,26,28-29,33-39H,3,5-17H2,1-2,4H3/b27-25+/t18-,20-,21?,22?,23?,24?,26?,28?,29?,30-,31?/m0/s1. The average molecular weight is 713 g/mol. The highest BCUT2D eigenvalue weighted by Gasteiger charge is 2.47. The van der Waals surface area contributed by atoms with Gasteiger partial charge in [-0.05, 0) is 89.9 Å². The van der Waals surface area contributed by atoms with Crippen molar-refractivity contribution < 1.29 is 50.0 Å². The van der Waals surface area contributed by atoms with Crippen molar-refractivity contribution in [1.29, 1.82) is 0 Å². The van der Waals surface area contributed by atoms with Crippen molar-refractivity contribution >= 4 is 22.6 Å². The molecule has 2 saturated carbocycles. The minimum Gasteiger partial charge on any atom is -0.506 e. The number of ether oxygens (including phenoxy) is 3. The lowest BCUT2D eigenvalue weighted by molar-refractivity contribution is -0.271. The third-order valence-electron chi connectivity index (χ3n) is 10.1. The Morgan fingerprint density at radius 2 is 1.81 bits per heavy atom. The topological polar surface area (TPSA) is 169 Å². The van der Waals surface area contributed by atoms with Gasteiger partial charge >= 0.3 is 0 Å². The van der Waals surface area contributed by atoms with E-state index in [0.29, 0.717) is 30.6 Å². The van der Waals surface area contributed by atoms with Crippen LogP contribution in [0.1, 0.15) is 91.4 Å². The third-order valence-corrected chi connectivity index (χ3v) is 11.7. The van der Waals surface area contributed by atoms with Crippen molar-refractivity contribution in [2.75, 3.05) is 13.2 Å². The summed E-state index contributed by atoms with van der Waals surface area (Å²) in [6.07, 6.45) is 0.000961. The predicted octanol–water partition coefficient (Wildman–Crippen LogP) is 3.80. The van der Waals surface area contributed by atoms with Gasteiger partial charge in [0, 0.05) is 13.0 Å². The zero-order valence-corrected chi connectivity index (χ0v) is 27.5. The highest BCUT2D eigenvalue weighted by Crippen LogP contribution is 2.55. The Kier molecular flexibility index (Phi) is 13.4. The molecule has 42 heavy (non-hydrogen) atoms. The van der Waals surface area contributed by atoms with Crippen LogP contribution in [-0.4, -0.2) is 89.6 Å². The fourth-order valence-corrected chi connectivity index (χ4v) is 8.26. The summed E-state index contributed by atoms with van der Waals surface area (Å²) in [5, 5.41) is 72.3. The number of fused-ring (bicyclic) bond motifs is 1. The van der Waals surface area contributed by atoms with Crippen molar-refractivity contribution in [3.05, 3.63) is 23.7 Å². The molecule has 2 aliphatic carbocycles. The first-order chi connectivity index (χ1) is 19.8. The molecule has 3 aliphatic rings. The second kappa shape index (κ2) is 15.7. The SMILES string of the molecule is C=C1CCCCC2[C@@H](C)CCC[C@@]2(C)[C@@H](CC)CCC1(I)OC(O)/C(OC1OCC(O)C(O)C1O)=C(\O)C(O)CCO. The van der Waals surface area contributed by atoms with Crippen LogP contribution >= 0.6 is 22.6 Å². The van der Waals surface area contributed by atoms with Gasteiger partial charge in [-0.3, -0.25) is 0 Å². The summed E-state index contributed by atoms with van der Waals surface area (Å²) in [5.74, 6) is 0.367. The van der Waals surface area contributed by atoms with E-state index in [9.17, 15) is 35.7 Å². The lowest BCUT2D eigenvalue weighted by Gasteiger charge is -2.50. The molecule has 0 aromatic carbocycles. The van der Waals surface area contributed by atoms with E-state index in [1.807, 2.05) is 0 Å². The largest absolute Gasteiger partial charge is 0.506 e. The highest BCUT2D eigenvalue weighted by molar-refractivity contribution is 14.1. The molecule has 0 bridgehead atoms. The van der Waals surface area contributed by atoms with Gasteiger partial charge in [-0.15, -0.1) is 0 Å². The number of alkyl halides is 1. The van der Waals surface area contributed by atoms with Crippen LogP contribution in [0.4, 0.5) is 0 Å². The molecule has 0 radical (unpaired) electrons. The molecule has 8 unspecified atom stereocenters. The molecule has 10 nitrogen and oxygen atoms in total. The maximum atomic E-state index is 11.4. The second-order valence-corrected chi connectivity index (χ2v) is 14.6. The van der Waals surface area contributed by atoms with Crippen molar-refractivity contribution in [1.82, 2.24) is 0 Å². The second-order valence-electron chi connectivity index (χ2n) is 12.8. The summed E-state index contributed by atoms with van der Waals surface area (Å²) in [6, 6.07) is 0. The molecule has 0 amide bonds. The highest BCUT2D eigenvalue weighted by atomic mass is 127. The number of aliphatic hydroxyl groups is 7. The molecule has 11 heteroatoms. The summed E-state index contributed by atoms with van der Waals surface area (Å²) in [5.41, 5.74) is 0.997. The first-order valence-corrected chi connectivity index (χ1v) is 16.6. The molecule has 7 N–H and O–H groups in total. The monoisotopic (exact) mass is 712 g/mol. The van der Waals surface area contributed by atoms with Crippen molar-refractivity contribution in [3.63, 3.8) is 0 Å². The van der Waals surface area contributed by atoms with Crippen LogP contribution in [0.3, 0.4) is 0 Å². The van der Waals surface area contributed by atoms with Crippen LogP contribution < -0.4 is 0 Å². The van der Waals surface area contributed by atoms with Gasteiger partial charge < -0.3 is 50.0 Å². The zero-order valence-electron chi connectivity index (χ0n) is 25.3. The Morgan fingerprint density at radius 1 is 1.10 bits per heavy atom. The molecule has 3 rings (SSSR count). The molecule has 3 fully saturated rings. The lowest BCUT2D eigenvalue weighted by Crippen LogP contribution is -2.54. The Hall–Kier alpha value is -0.510. The summed E-state index contributed by atoms with van der Waals surface area (Å²) in [7, 11) is 0. The van der Waals surface area contributed by atoms with Crippen LogP contribution in [0.15, 0.2) is 23.7 Å². The van der Waals surface area contributed by atoms with E-state index in [-0.39, 0.29) is 18.4 Å². The van der Waals surface area contributed by atoms with Crippen molar-refractivity contribution in [2.45, 2.75) is 132 Å². The summed E-state index contributed by atoms with van der Waals surface area (Å²) < 4.78 is 16.2. The minimum absolute atomic E-state index is 0.203. The Balaban J connectivity index is 1.90. The van der Waals surface area contributed by atoms with Crippen molar-refractivity contribution in [3.8, 4) is 0 Å². The molecule has 0 spiro atoms. The average Bonchev–Trinajstić information content (AvgIpc) is 2.96. The van der Waals surface area contributed by atoms with Crippen LogP contribution in [0.2, 0.25) is 0 Å². The third kappa shape index (κ3) is 8.20. The smallest absolute Gasteiger partial charge is 0.228 e. The van der Waals surface area contributed by atoms with Crippen LogP contribution in [0.5, 0.6) is 0 Å². The maximum Gasteiger partial charge on any atom is 0.228 e. The molecule has 11 atom stereocenters. The van der Waals surface area contributed by atoms with E-state index < -0.39 is 58.7 Å². The summed E-state index contributed by atoms with van der Waals surface area (Å²) in [6.45, 7) is 10.6. The van der Waals surface area contributed by atoms with E-state index in [1.54, 1.807) is 0 Å². The molecule has 0 aromatic rings. The van der Waals surface area contributed by atoms with Gasteiger partial charge in [-0.2, -0.15) is 0 Å². The number of aliphatic hydroxyl groups excluding tert-OH is 7. The maximum absolute atomic E-state index is 11.4. The van der Waals surface area contributed by atoms with Crippen LogP contribution in [-0.2, 0) is 14.2 Å². The van der Waals surface area contributed by atoms with Gasteiger partial charge in [0.25, 0.3) is 0 Å². The van der Waals surface area contributed by atoms with E-state index in [2.05, 4.69) is 49.9 Å². The van der Waals surface area contributed by atoms with Gasteiger partial charge in [0.1, 0.15) is 28.0 Å². The van der Waals surface area contributed by atoms with Gasteiger partial charge in [0.15, 0.2) is 11.5 Å². The minimum atomic E-state index is -1.91. The quantitative estimate of drug-likeness (QED) is 0.0614. The van der Waals surface area contributed by atoms with Gasteiger partial charge in [-0.25, -0.2) is 0 Å². The van der Waals surface area contributed by atoms with E-state index in [0.717, 1.165) is 31.3 Å². The first-order valence-electron chi connectivity index (χ1n) is 15.6. The summed E-state index contributed by atoms with van der Waals surface area (Å²) >= 11 is 2.17. The van der Waals surface area contributed by atoms with Crippen LogP contribution in [0, 0.1) is 23.2 Å². The Bertz CT molecular complexity index is 916. The lowest BCUT2D eigenvalue weighted by atomic mass is 9.55. The fraction of sp³-hybridized carbons (Fsp3) is 0.871. The molecule has 1 heterocycles. The van der Waals surface area contributed by atoms with Crippen LogP contribution in [0.25, 0.3) is 0 Å². The fourth-order valence-electron chi connectivity index (χ4n) is 7.44. The zero-order chi connectivity index (χ0) is 31.2. The number of halogens is 1. The number of rotatable bonds is 9. The van der Waals surface area contributed by atoms with E-state index >= 15 is 0 Å². The van der Waals surface area contributed by atoms with Gasteiger partial charge in [0.2, 0.25) is 12.6 Å². The molecule has 1 aliphatic heterocycles. The molecular formula is C31H53IO10. The van der Waals surface area contributed by atoms with Crippen molar-refractivity contribution in [2.24, 2.45) is 23.2 Å². The molecule has 244 valence electrons. The molecular weight excluding hydrogens is 659 g/mol. The molecule has 1 saturated heterocycles. The van der Waals surface area contributed by atoms with Gasteiger partial charge in [-0.1, -0.05) is 53.0 Å². The molecule has 0 aromatic heterocycles. The van der Waals surface area contributed by atoms with E-state index in [4.69, 9.17) is 14.2 Å². The number of hydrogen-bond donors (Lipinski definition) is 7. The predicted molar refractivity (Wildman–Crippen MR) is 165 cm³/mol. The Morgan fingerprint density at radius 3 is 2.48 bits per heavy atom. The first kappa shape index (κ1) is 36.0. The normalized spacial score (nSPS) is 40.7. The van der Waals surface area contributed by atoms with Gasteiger partial charge in [0.05, 0.1) is 6.61 Å². The summed E-state index contributed by atoms with van der Waals surface area (Å²) in [4.78, 5) is 0.